The minimum Gasteiger partial charge on any atom is -0.325 e. The summed E-state index contributed by atoms with van der Waals surface area (Å²) in [7, 11) is 1.97. The largest absolute Gasteiger partial charge is 0.325 e. The van der Waals surface area contributed by atoms with Crippen LogP contribution in [0.3, 0.4) is 0 Å². The number of nitrogens with zero attached hydrogens (tertiary/aromatic N) is 2. The Morgan fingerprint density at radius 2 is 1.76 bits per heavy atom. The molecular weight excluding hydrogens is 330 g/mol. The van der Waals surface area contributed by atoms with Gasteiger partial charge in [-0.3, -0.25) is 4.79 Å². The lowest BCUT2D eigenvalue weighted by molar-refractivity contribution is -0.113. The van der Waals surface area contributed by atoms with Gasteiger partial charge in [-0.25, -0.2) is 4.98 Å². The molecule has 2 aromatic carbocycles. The molecule has 1 N–H and O–H groups in total. The summed E-state index contributed by atoms with van der Waals surface area (Å²) < 4.78 is 2.02. The molecule has 128 valence electrons. The minimum atomic E-state index is -0.0216. The Kier molecular flexibility index (Phi) is 5.24. The van der Waals surface area contributed by atoms with Crippen molar-refractivity contribution in [2.24, 2.45) is 7.05 Å². The maximum atomic E-state index is 12.3. The van der Waals surface area contributed by atoms with Crippen LogP contribution in [0, 0.1) is 13.8 Å². The van der Waals surface area contributed by atoms with Gasteiger partial charge in [-0.2, -0.15) is 0 Å². The molecule has 25 heavy (non-hydrogen) atoms. The molecule has 0 aliphatic rings. The number of benzene rings is 2. The van der Waals surface area contributed by atoms with E-state index in [4.69, 9.17) is 0 Å². The molecule has 1 amide bonds. The number of carbonyl (C=O) groups excluding carboxylic acids is 1. The summed E-state index contributed by atoms with van der Waals surface area (Å²) in [5, 5.41) is 3.84. The highest BCUT2D eigenvalue weighted by molar-refractivity contribution is 7.99. The molecule has 3 rings (SSSR count). The summed E-state index contributed by atoms with van der Waals surface area (Å²) in [5.41, 5.74) is 5.20. The average Bonchev–Trinajstić information content (AvgIpc) is 2.98. The first-order valence-electron chi connectivity index (χ1n) is 8.12. The van der Waals surface area contributed by atoms with Gasteiger partial charge in [0.1, 0.15) is 0 Å². The normalized spacial score (nSPS) is 10.7. The predicted octanol–water partition coefficient (Wildman–Crippen LogP) is 4.43. The zero-order valence-electron chi connectivity index (χ0n) is 14.6. The third-order valence-electron chi connectivity index (χ3n) is 4.09. The van der Waals surface area contributed by atoms with E-state index in [-0.39, 0.29) is 5.91 Å². The average molecular weight is 351 g/mol. The third-order valence-corrected chi connectivity index (χ3v) is 5.14. The van der Waals surface area contributed by atoms with Crippen LogP contribution in [0.4, 0.5) is 5.69 Å². The van der Waals surface area contributed by atoms with Gasteiger partial charge >= 0.3 is 0 Å². The topological polar surface area (TPSA) is 46.9 Å². The van der Waals surface area contributed by atoms with E-state index in [1.807, 2.05) is 68.1 Å². The van der Waals surface area contributed by atoms with Gasteiger partial charge in [-0.05, 0) is 30.5 Å². The van der Waals surface area contributed by atoms with E-state index < -0.39 is 0 Å². The summed E-state index contributed by atoms with van der Waals surface area (Å²) >= 11 is 1.44. The lowest BCUT2D eigenvalue weighted by Crippen LogP contribution is -2.16. The smallest absolute Gasteiger partial charge is 0.234 e. The maximum absolute atomic E-state index is 12.3. The molecule has 1 heterocycles. The second-order valence-electron chi connectivity index (χ2n) is 5.95. The van der Waals surface area contributed by atoms with Crippen molar-refractivity contribution in [1.29, 1.82) is 0 Å². The number of hydrogen-bond acceptors (Lipinski definition) is 3. The van der Waals surface area contributed by atoms with Crippen molar-refractivity contribution >= 4 is 23.4 Å². The number of hydrogen-bond donors (Lipinski definition) is 1. The fourth-order valence-corrected chi connectivity index (χ4v) is 3.47. The molecule has 0 spiro atoms. The van der Waals surface area contributed by atoms with Crippen molar-refractivity contribution < 1.29 is 4.79 Å². The van der Waals surface area contributed by atoms with Gasteiger partial charge in [0.2, 0.25) is 5.91 Å². The number of aromatic nitrogens is 2. The molecule has 0 radical (unpaired) electrons. The molecule has 5 heteroatoms. The van der Waals surface area contributed by atoms with Gasteiger partial charge < -0.3 is 9.88 Å². The molecule has 3 aromatic rings. The number of imidazole rings is 1. The number of rotatable bonds is 5. The van der Waals surface area contributed by atoms with Gasteiger partial charge in [0, 0.05) is 12.7 Å². The van der Waals surface area contributed by atoms with Crippen molar-refractivity contribution in [2.45, 2.75) is 19.0 Å². The Morgan fingerprint density at radius 3 is 2.44 bits per heavy atom. The van der Waals surface area contributed by atoms with Crippen LogP contribution in [0.25, 0.3) is 11.3 Å². The molecule has 0 bridgehead atoms. The van der Waals surface area contributed by atoms with Crippen molar-refractivity contribution in [3.63, 3.8) is 0 Å². The number of carbonyl (C=O) groups is 1. The fourth-order valence-electron chi connectivity index (χ4n) is 2.72. The molecule has 0 unspecified atom stereocenters. The number of aryl methyl sites for hydroxylation is 2. The predicted molar refractivity (Wildman–Crippen MR) is 104 cm³/mol. The number of anilines is 1. The van der Waals surface area contributed by atoms with Crippen LogP contribution in [0.15, 0.2) is 59.9 Å². The van der Waals surface area contributed by atoms with E-state index >= 15 is 0 Å². The molecule has 0 saturated carbocycles. The lowest BCUT2D eigenvalue weighted by Gasteiger charge is -2.11. The summed E-state index contributed by atoms with van der Waals surface area (Å²) in [6, 6.07) is 16.1. The van der Waals surface area contributed by atoms with Gasteiger partial charge in [0.05, 0.1) is 17.6 Å². The standard InChI is InChI=1S/C20H21N3OS/c1-14-8-7-9-15(2)19(14)22-18(24)13-25-20-21-12-17(23(20)3)16-10-5-4-6-11-16/h4-12H,13H2,1-3H3,(H,22,24). The fraction of sp³-hybridized carbons (Fsp3) is 0.200. The van der Waals surface area contributed by atoms with Crippen LogP contribution in [-0.2, 0) is 11.8 Å². The molecule has 0 fully saturated rings. The van der Waals surface area contributed by atoms with Crippen LogP contribution in [0.1, 0.15) is 11.1 Å². The second-order valence-corrected chi connectivity index (χ2v) is 6.90. The molecule has 4 nitrogen and oxygen atoms in total. The van der Waals surface area contributed by atoms with Crippen LogP contribution in [0.5, 0.6) is 0 Å². The lowest BCUT2D eigenvalue weighted by atomic mass is 10.1. The number of thioether (sulfide) groups is 1. The Bertz CT molecular complexity index is 867. The molecule has 0 atom stereocenters. The SMILES string of the molecule is Cc1cccc(C)c1NC(=O)CSc1ncc(-c2ccccc2)n1C. The molecule has 1 aromatic heterocycles. The molecule has 0 aliphatic heterocycles. The van der Waals surface area contributed by atoms with Crippen LogP contribution < -0.4 is 5.32 Å². The second kappa shape index (κ2) is 7.57. The van der Waals surface area contributed by atoms with Crippen molar-refractivity contribution in [3.8, 4) is 11.3 Å². The van der Waals surface area contributed by atoms with E-state index in [1.165, 1.54) is 11.8 Å². The summed E-state index contributed by atoms with van der Waals surface area (Å²) in [6.45, 7) is 4.00. The zero-order valence-corrected chi connectivity index (χ0v) is 15.4. The van der Waals surface area contributed by atoms with Gasteiger partial charge in [0.15, 0.2) is 5.16 Å². The molecule has 0 saturated heterocycles. The summed E-state index contributed by atoms with van der Waals surface area (Å²) in [4.78, 5) is 16.8. The molecule has 0 aliphatic carbocycles. The van der Waals surface area contributed by atoms with E-state index in [9.17, 15) is 4.79 Å². The highest BCUT2D eigenvalue weighted by Gasteiger charge is 2.12. The highest BCUT2D eigenvalue weighted by Crippen LogP contribution is 2.25. The van der Waals surface area contributed by atoms with Gasteiger partial charge in [-0.1, -0.05) is 60.3 Å². The van der Waals surface area contributed by atoms with E-state index in [2.05, 4.69) is 22.4 Å². The van der Waals surface area contributed by atoms with Gasteiger partial charge in [0.25, 0.3) is 0 Å². The van der Waals surface area contributed by atoms with Crippen molar-refractivity contribution in [3.05, 3.63) is 65.9 Å². The van der Waals surface area contributed by atoms with Crippen LogP contribution in [-0.4, -0.2) is 21.2 Å². The number of nitrogens with one attached hydrogen (secondary N) is 1. The third kappa shape index (κ3) is 3.94. The zero-order chi connectivity index (χ0) is 17.8. The van der Waals surface area contributed by atoms with Gasteiger partial charge in [-0.15, -0.1) is 0 Å². The van der Waals surface area contributed by atoms with E-state index in [1.54, 1.807) is 0 Å². The first-order chi connectivity index (χ1) is 12.1. The number of amides is 1. The highest BCUT2D eigenvalue weighted by atomic mass is 32.2. The van der Waals surface area contributed by atoms with Crippen LogP contribution >= 0.6 is 11.8 Å². The van der Waals surface area contributed by atoms with Crippen LogP contribution in [0.2, 0.25) is 0 Å². The quantitative estimate of drug-likeness (QED) is 0.692. The van der Waals surface area contributed by atoms with Crippen molar-refractivity contribution in [2.75, 3.05) is 11.1 Å². The Balaban J connectivity index is 1.66. The number of para-hydroxylation sites is 1. The first-order valence-corrected chi connectivity index (χ1v) is 9.11. The molecular formula is C20H21N3OS. The van der Waals surface area contributed by atoms with Crippen molar-refractivity contribution in [1.82, 2.24) is 9.55 Å². The Labute approximate surface area is 152 Å². The summed E-state index contributed by atoms with van der Waals surface area (Å²) in [6.07, 6.45) is 1.85. The monoisotopic (exact) mass is 351 g/mol. The Hall–Kier alpha value is -2.53. The minimum absolute atomic E-state index is 0.0216. The summed E-state index contributed by atoms with van der Waals surface area (Å²) in [5.74, 6) is 0.305. The van der Waals surface area contributed by atoms with E-state index in [0.29, 0.717) is 5.75 Å². The maximum Gasteiger partial charge on any atom is 0.234 e. The Morgan fingerprint density at radius 1 is 1.08 bits per heavy atom. The first kappa shape index (κ1) is 17.3. The van der Waals surface area contributed by atoms with E-state index in [0.717, 1.165) is 33.2 Å².